The van der Waals surface area contributed by atoms with Crippen LogP contribution in [0.15, 0.2) is 35.7 Å². The molecule has 1 aromatic carbocycles. The molecular formula is C17H21NO3S. The van der Waals surface area contributed by atoms with Gasteiger partial charge >= 0.3 is 0 Å². The molecule has 5 heteroatoms. The molecule has 2 heterocycles. The maximum absolute atomic E-state index is 10.6. The van der Waals surface area contributed by atoms with E-state index in [1.807, 2.05) is 42.6 Å². The molecular weight excluding hydrogens is 298 g/mol. The molecule has 0 radical (unpaired) electrons. The summed E-state index contributed by atoms with van der Waals surface area (Å²) < 4.78 is 11.2. The molecule has 3 rings (SSSR count). The first-order valence-corrected chi connectivity index (χ1v) is 8.33. The average Bonchev–Trinajstić information content (AvgIpc) is 3.07. The van der Waals surface area contributed by atoms with Gasteiger partial charge in [0.2, 0.25) is 0 Å². The van der Waals surface area contributed by atoms with E-state index in [-0.39, 0.29) is 6.04 Å². The molecule has 0 spiro atoms. The Balaban J connectivity index is 1.66. The summed E-state index contributed by atoms with van der Waals surface area (Å²) in [5, 5.41) is 15.9. The standard InChI is InChI=1S/C17H21NO3S/c1-12(18-11-17(2,19)16-4-3-9-22-16)13-5-6-14-15(10-13)21-8-7-20-14/h3-6,9-10,12,18-19H,7-8,11H2,1-2H3. The maximum atomic E-state index is 10.6. The Morgan fingerprint density at radius 1 is 1.27 bits per heavy atom. The monoisotopic (exact) mass is 319 g/mol. The highest BCUT2D eigenvalue weighted by Crippen LogP contribution is 2.33. The van der Waals surface area contributed by atoms with E-state index in [1.165, 1.54) is 0 Å². The number of benzene rings is 1. The van der Waals surface area contributed by atoms with E-state index in [1.54, 1.807) is 11.3 Å². The van der Waals surface area contributed by atoms with Gasteiger partial charge in [-0.05, 0) is 43.0 Å². The van der Waals surface area contributed by atoms with Crippen LogP contribution in [-0.2, 0) is 5.60 Å². The van der Waals surface area contributed by atoms with E-state index in [2.05, 4.69) is 12.2 Å². The molecule has 4 nitrogen and oxygen atoms in total. The molecule has 1 aliphatic heterocycles. The van der Waals surface area contributed by atoms with Crippen LogP contribution in [0.1, 0.15) is 30.3 Å². The van der Waals surface area contributed by atoms with Crippen LogP contribution in [0.4, 0.5) is 0 Å². The number of ether oxygens (including phenoxy) is 2. The van der Waals surface area contributed by atoms with Gasteiger partial charge in [0.25, 0.3) is 0 Å². The topological polar surface area (TPSA) is 50.7 Å². The zero-order valence-corrected chi connectivity index (χ0v) is 13.7. The molecule has 22 heavy (non-hydrogen) atoms. The van der Waals surface area contributed by atoms with Crippen LogP contribution in [0.5, 0.6) is 11.5 Å². The molecule has 0 saturated carbocycles. The van der Waals surface area contributed by atoms with Crippen molar-refractivity contribution in [3.63, 3.8) is 0 Å². The quantitative estimate of drug-likeness (QED) is 0.889. The molecule has 2 N–H and O–H groups in total. The molecule has 2 atom stereocenters. The predicted molar refractivity (Wildman–Crippen MR) is 87.7 cm³/mol. The summed E-state index contributed by atoms with van der Waals surface area (Å²) in [5.41, 5.74) is 0.252. The van der Waals surface area contributed by atoms with Crippen molar-refractivity contribution in [3.05, 3.63) is 46.2 Å². The number of rotatable bonds is 5. The third-order valence-corrected chi connectivity index (χ3v) is 4.99. The Bertz CT molecular complexity index is 625. The summed E-state index contributed by atoms with van der Waals surface area (Å²) in [6, 6.07) is 10.0. The van der Waals surface area contributed by atoms with Crippen molar-refractivity contribution >= 4 is 11.3 Å². The van der Waals surface area contributed by atoms with Gasteiger partial charge in [-0.2, -0.15) is 0 Å². The highest BCUT2D eigenvalue weighted by Gasteiger charge is 2.25. The van der Waals surface area contributed by atoms with Crippen molar-refractivity contribution in [2.75, 3.05) is 19.8 Å². The van der Waals surface area contributed by atoms with E-state index in [4.69, 9.17) is 9.47 Å². The molecule has 0 bridgehead atoms. The lowest BCUT2D eigenvalue weighted by molar-refractivity contribution is 0.0581. The van der Waals surface area contributed by atoms with Gasteiger partial charge in [-0.1, -0.05) is 12.1 Å². The summed E-state index contributed by atoms with van der Waals surface area (Å²) >= 11 is 1.57. The van der Waals surface area contributed by atoms with Crippen LogP contribution in [0.25, 0.3) is 0 Å². The lowest BCUT2D eigenvalue weighted by Gasteiger charge is -2.26. The summed E-state index contributed by atoms with van der Waals surface area (Å²) in [4.78, 5) is 0.967. The first kappa shape index (κ1) is 15.3. The normalized spacial score (nSPS) is 17.8. The lowest BCUT2D eigenvalue weighted by Crippen LogP contribution is -2.36. The fourth-order valence-electron chi connectivity index (χ4n) is 2.47. The van der Waals surface area contributed by atoms with Gasteiger partial charge in [-0.25, -0.2) is 0 Å². The van der Waals surface area contributed by atoms with Gasteiger partial charge in [0.15, 0.2) is 11.5 Å². The lowest BCUT2D eigenvalue weighted by atomic mass is 10.0. The number of hydrogen-bond acceptors (Lipinski definition) is 5. The number of hydrogen-bond donors (Lipinski definition) is 2. The highest BCUT2D eigenvalue weighted by molar-refractivity contribution is 7.10. The zero-order valence-electron chi connectivity index (χ0n) is 12.8. The molecule has 0 saturated heterocycles. The van der Waals surface area contributed by atoms with Crippen molar-refractivity contribution in [2.24, 2.45) is 0 Å². The van der Waals surface area contributed by atoms with E-state index >= 15 is 0 Å². The van der Waals surface area contributed by atoms with Gasteiger partial charge in [0.05, 0.1) is 0 Å². The van der Waals surface area contributed by atoms with Crippen LogP contribution < -0.4 is 14.8 Å². The Kier molecular flexibility index (Phi) is 4.38. The second kappa shape index (κ2) is 6.28. The van der Waals surface area contributed by atoms with Gasteiger partial charge in [-0.15, -0.1) is 11.3 Å². The molecule has 2 aromatic rings. The van der Waals surface area contributed by atoms with Crippen LogP contribution in [-0.4, -0.2) is 24.9 Å². The Morgan fingerprint density at radius 3 is 2.77 bits per heavy atom. The van der Waals surface area contributed by atoms with E-state index in [0.717, 1.165) is 21.9 Å². The fraction of sp³-hybridized carbons (Fsp3) is 0.412. The number of thiophene rings is 1. The third kappa shape index (κ3) is 3.27. The van der Waals surface area contributed by atoms with Gasteiger partial charge in [-0.3, -0.25) is 0 Å². The molecule has 1 aromatic heterocycles. The molecule has 118 valence electrons. The predicted octanol–water partition coefficient (Wildman–Crippen LogP) is 3.08. The Morgan fingerprint density at radius 2 is 2.05 bits per heavy atom. The molecule has 1 aliphatic rings. The van der Waals surface area contributed by atoms with Crippen molar-refractivity contribution in [2.45, 2.75) is 25.5 Å². The fourth-order valence-corrected chi connectivity index (χ4v) is 3.26. The minimum Gasteiger partial charge on any atom is -0.486 e. The van der Waals surface area contributed by atoms with Gasteiger partial charge < -0.3 is 19.9 Å². The maximum Gasteiger partial charge on any atom is 0.161 e. The summed E-state index contributed by atoms with van der Waals surface area (Å²) in [6.45, 7) is 5.59. The first-order chi connectivity index (χ1) is 10.6. The number of nitrogens with one attached hydrogen (secondary N) is 1. The molecule has 0 amide bonds. The smallest absolute Gasteiger partial charge is 0.161 e. The summed E-state index contributed by atoms with van der Waals surface area (Å²) in [7, 11) is 0. The zero-order chi connectivity index (χ0) is 15.6. The second-order valence-corrected chi connectivity index (χ2v) is 6.70. The van der Waals surface area contributed by atoms with Crippen molar-refractivity contribution in [3.8, 4) is 11.5 Å². The number of aliphatic hydroxyl groups is 1. The van der Waals surface area contributed by atoms with Gasteiger partial charge in [0.1, 0.15) is 18.8 Å². The van der Waals surface area contributed by atoms with Crippen molar-refractivity contribution in [1.82, 2.24) is 5.32 Å². The highest BCUT2D eigenvalue weighted by atomic mass is 32.1. The summed E-state index contributed by atoms with van der Waals surface area (Å²) in [6.07, 6.45) is 0. The first-order valence-electron chi connectivity index (χ1n) is 7.45. The largest absolute Gasteiger partial charge is 0.486 e. The van der Waals surface area contributed by atoms with Crippen LogP contribution in [0.3, 0.4) is 0 Å². The van der Waals surface area contributed by atoms with Crippen LogP contribution in [0, 0.1) is 0 Å². The molecule has 0 fully saturated rings. The minimum atomic E-state index is -0.865. The minimum absolute atomic E-state index is 0.113. The van der Waals surface area contributed by atoms with Crippen molar-refractivity contribution in [1.29, 1.82) is 0 Å². The molecule has 0 aliphatic carbocycles. The summed E-state index contributed by atoms with van der Waals surface area (Å²) in [5.74, 6) is 1.59. The van der Waals surface area contributed by atoms with E-state index in [0.29, 0.717) is 19.8 Å². The van der Waals surface area contributed by atoms with E-state index in [9.17, 15) is 5.11 Å². The third-order valence-electron chi connectivity index (χ3n) is 3.87. The van der Waals surface area contributed by atoms with E-state index < -0.39 is 5.60 Å². The molecule has 2 unspecified atom stereocenters. The van der Waals surface area contributed by atoms with Crippen LogP contribution >= 0.6 is 11.3 Å². The average molecular weight is 319 g/mol. The Hall–Kier alpha value is -1.56. The number of fused-ring (bicyclic) bond motifs is 1. The second-order valence-electron chi connectivity index (χ2n) is 5.76. The van der Waals surface area contributed by atoms with Gasteiger partial charge in [0, 0.05) is 17.5 Å². The van der Waals surface area contributed by atoms with Crippen LogP contribution in [0.2, 0.25) is 0 Å². The Labute approximate surface area is 134 Å². The van der Waals surface area contributed by atoms with Crippen molar-refractivity contribution < 1.29 is 14.6 Å². The SMILES string of the molecule is CC(NCC(C)(O)c1cccs1)c1ccc2c(c1)OCCO2.